The highest BCUT2D eigenvalue weighted by molar-refractivity contribution is 8.14. The average molecular weight is 222 g/mol. The van der Waals surface area contributed by atoms with E-state index in [2.05, 4.69) is 5.16 Å². The van der Waals surface area contributed by atoms with Crippen molar-refractivity contribution in [2.75, 3.05) is 5.75 Å². The van der Waals surface area contributed by atoms with Gasteiger partial charge < -0.3 is 21.2 Å². The van der Waals surface area contributed by atoms with Crippen molar-refractivity contribution in [2.45, 2.75) is 12.5 Å². The van der Waals surface area contributed by atoms with Gasteiger partial charge in [-0.1, -0.05) is 5.16 Å². The van der Waals surface area contributed by atoms with Crippen LogP contribution in [-0.2, 0) is 9.59 Å². The maximum atomic E-state index is 10.3. The summed E-state index contributed by atoms with van der Waals surface area (Å²) in [5.41, 5.74) is 5.15. The van der Waals surface area contributed by atoms with Crippen LogP contribution in [0.3, 0.4) is 0 Å². The Bertz CT molecular complexity index is 255. The quantitative estimate of drug-likeness (QED) is 0.211. The van der Waals surface area contributed by atoms with Gasteiger partial charge in [-0.25, -0.2) is 0 Å². The van der Waals surface area contributed by atoms with Crippen LogP contribution in [0.15, 0.2) is 5.16 Å². The molecule has 0 aromatic heterocycles. The van der Waals surface area contributed by atoms with Gasteiger partial charge in [0.15, 0.2) is 0 Å². The van der Waals surface area contributed by atoms with Crippen LogP contribution in [0.25, 0.3) is 0 Å². The molecule has 0 aliphatic carbocycles. The molecular formula is C6H10N2O5S. The number of hydrogen-bond donors (Lipinski definition) is 4. The third kappa shape index (κ3) is 5.38. The first-order valence-corrected chi connectivity index (χ1v) is 4.49. The largest absolute Gasteiger partial charge is 0.481 e. The number of hydrogen-bond acceptors (Lipinski definition) is 6. The molecule has 0 fully saturated rings. The van der Waals surface area contributed by atoms with E-state index < -0.39 is 24.4 Å². The lowest BCUT2D eigenvalue weighted by Crippen LogP contribution is -2.33. The van der Waals surface area contributed by atoms with E-state index in [1.807, 2.05) is 0 Å². The van der Waals surface area contributed by atoms with Crippen LogP contribution in [0.5, 0.6) is 0 Å². The SMILES string of the molecule is N[C@@H](CS/C(CC(=O)O)=N\O)C(=O)O. The summed E-state index contributed by atoms with van der Waals surface area (Å²) in [4.78, 5) is 20.5. The summed E-state index contributed by atoms with van der Waals surface area (Å²) in [6, 6.07) is -1.11. The van der Waals surface area contributed by atoms with E-state index in [0.29, 0.717) is 0 Å². The molecule has 14 heavy (non-hydrogen) atoms. The topological polar surface area (TPSA) is 133 Å². The standard InChI is InChI=1S/C6H10N2O5S/c7-3(6(11)12)2-14-4(8-13)1-5(9)10/h3,13H,1-2,7H2,(H,9,10)(H,11,12)/b8-4-/t3-/m0/s1. The van der Waals surface area contributed by atoms with Crippen LogP contribution < -0.4 is 5.73 Å². The van der Waals surface area contributed by atoms with Crippen molar-refractivity contribution in [2.24, 2.45) is 10.9 Å². The third-order valence-corrected chi connectivity index (χ3v) is 2.25. The monoisotopic (exact) mass is 222 g/mol. The molecule has 0 unspecified atom stereocenters. The van der Waals surface area contributed by atoms with Crippen molar-refractivity contribution in [1.82, 2.24) is 0 Å². The lowest BCUT2D eigenvalue weighted by molar-refractivity contribution is -0.138. The van der Waals surface area contributed by atoms with Crippen LogP contribution in [0, 0.1) is 0 Å². The highest BCUT2D eigenvalue weighted by atomic mass is 32.2. The minimum atomic E-state index is -1.19. The van der Waals surface area contributed by atoms with Crippen LogP contribution in [-0.4, -0.2) is 44.2 Å². The van der Waals surface area contributed by atoms with Crippen LogP contribution >= 0.6 is 11.8 Å². The molecule has 8 heteroatoms. The lowest BCUT2D eigenvalue weighted by Gasteiger charge is -2.05. The van der Waals surface area contributed by atoms with E-state index >= 15 is 0 Å². The first-order chi connectivity index (χ1) is 6.47. The summed E-state index contributed by atoms with van der Waals surface area (Å²) >= 11 is 0.800. The van der Waals surface area contributed by atoms with Crippen molar-refractivity contribution >= 4 is 28.7 Å². The Labute approximate surface area is 83.6 Å². The zero-order chi connectivity index (χ0) is 11.1. The first kappa shape index (κ1) is 12.7. The van der Waals surface area contributed by atoms with E-state index in [1.54, 1.807) is 0 Å². The minimum absolute atomic E-state index is 0.0397. The van der Waals surface area contributed by atoms with Gasteiger partial charge in [0, 0.05) is 5.75 Å². The molecule has 0 saturated heterocycles. The fourth-order valence-electron chi connectivity index (χ4n) is 0.502. The molecule has 1 atom stereocenters. The van der Waals surface area contributed by atoms with E-state index in [9.17, 15) is 9.59 Å². The second-order valence-corrected chi connectivity index (χ2v) is 3.41. The summed E-state index contributed by atoms with van der Waals surface area (Å²) in [6.07, 6.45) is -0.451. The molecule has 0 amide bonds. The Balaban J connectivity index is 3.97. The highest BCUT2D eigenvalue weighted by Crippen LogP contribution is 2.08. The van der Waals surface area contributed by atoms with Gasteiger partial charge in [0.25, 0.3) is 0 Å². The molecule has 0 aliphatic heterocycles. The van der Waals surface area contributed by atoms with Crippen molar-refractivity contribution in [1.29, 1.82) is 0 Å². The molecule has 0 radical (unpaired) electrons. The number of carboxylic acid groups (broad SMARTS) is 2. The Morgan fingerprint density at radius 2 is 2.00 bits per heavy atom. The fraction of sp³-hybridized carbons (Fsp3) is 0.500. The Morgan fingerprint density at radius 3 is 2.36 bits per heavy atom. The van der Waals surface area contributed by atoms with Crippen LogP contribution in [0.4, 0.5) is 0 Å². The maximum absolute atomic E-state index is 10.3. The second-order valence-electron chi connectivity index (χ2n) is 2.32. The molecule has 0 aromatic rings. The Kier molecular flexibility index (Phi) is 5.65. The molecule has 0 aliphatic rings. The van der Waals surface area contributed by atoms with Crippen LogP contribution in [0.2, 0.25) is 0 Å². The van der Waals surface area contributed by atoms with Gasteiger partial charge in [0.1, 0.15) is 11.1 Å². The predicted molar refractivity (Wildman–Crippen MR) is 49.5 cm³/mol. The number of oxime groups is 1. The molecule has 80 valence electrons. The van der Waals surface area contributed by atoms with E-state index in [0.717, 1.165) is 11.8 Å². The molecular weight excluding hydrogens is 212 g/mol. The van der Waals surface area contributed by atoms with Crippen molar-refractivity contribution < 1.29 is 25.0 Å². The molecule has 0 spiro atoms. The summed E-state index contributed by atoms with van der Waals surface area (Å²) in [6.45, 7) is 0. The third-order valence-electron chi connectivity index (χ3n) is 1.16. The fourth-order valence-corrected chi connectivity index (χ4v) is 1.30. The van der Waals surface area contributed by atoms with Crippen LogP contribution in [0.1, 0.15) is 6.42 Å². The summed E-state index contributed by atoms with van der Waals surface area (Å²) in [5, 5.41) is 27.7. The number of carboxylic acids is 2. The minimum Gasteiger partial charge on any atom is -0.481 e. The number of thioether (sulfide) groups is 1. The van der Waals surface area contributed by atoms with Gasteiger partial charge in [-0.3, -0.25) is 9.59 Å². The van der Waals surface area contributed by atoms with Gasteiger partial charge in [0.05, 0.1) is 6.42 Å². The molecule has 0 rings (SSSR count). The smallest absolute Gasteiger partial charge is 0.321 e. The van der Waals surface area contributed by atoms with Gasteiger partial charge in [-0.15, -0.1) is 11.8 Å². The van der Waals surface area contributed by atoms with E-state index in [1.165, 1.54) is 0 Å². The normalized spacial score (nSPS) is 13.6. The summed E-state index contributed by atoms with van der Waals surface area (Å²) < 4.78 is 0. The van der Waals surface area contributed by atoms with Crippen molar-refractivity contribution in [3.8, 4) is 0 Å². The second kappa shape index (κ2) is 6.22. The molecule has 0 heterocycles. The summed E-state index contributed by atoms with van der Waals surface area (Å²) in [7, 11) is 0. The highest BCUT2D eigenvalue weighted by Gasteiger charge is 2.14. The van der Waals surface area contributed by atoms with Crippen molar-refractivity contribution in [3.05, 3.63) is 0 Å². The number of rotatable bonds is 5. The summed E-state index contributed by atoms with van der Waals surface area (Å²) in [5.74, 6) is -2.39. The first-order valence-electron chi connectivity index (χ1n) is 3.51. The number of carbonyl (C=O) groups is 2. The zero-order valence-electron chi connectivity index (χ0n) is 7.08. The molecule has 0 saturated carbocycles. The maximum Gasteiger partial charge on any atom is 0.321 e. The lowest BCUT2D eigenvalue weighted by atomic mass is 10.4. The number of nitrogens with zero attached hydrogens (tertiary/aromatic N) is 1. The molecule has 0 aromatic carbocycles. The molecule has 5 N–H and O–H groups in total. The average Bonchev–Trinajstić information content (AvgIpc) is 2.10. The molecule has 0 bridgehead atoms. The van der Waals surface area contributed by atoms with Gasteiger partial charge >= 0.3 is 11.9 Å². The zero-order valence-corrected chi connectivity index (χ0v) is 7.90. The Morgan fingerprint density at radius 1 is 1.43 bits per heavy atom. The van der Waals surface area contributed by atoms with E-state index in [4.69, 9.17) is 21.2 Å². The Hall–Kier alpha value is -1.28. The number of aliphatic carboxylic acids is 2. The van der Waals surface area contributed by atoms with Gasteiger partial charge in [0.2, 0.25) is 0 Å². The predicted octanol–water partition coefficient (Wildman–Crippen LogP) is -0.606. The van der Waals surface area contributed by atoms with Gasteiger partial charge in [-0.05, 0) is 0 Å². The number of nitrogens with two attached hydrogens (primary N) is 1. The van der Waals surface area contributed by atoms with E-state index in [-0.39, 0.29) is 10.8 Å². The van der Waals surface area contributed by atoms with Crippen molar-refractivity contribution in [3.63, 3.8) is 0 Å². The van der Waals surface area contributed by atoms with Gasteiger partial charge in [-0.2, -0.15) is 0 Å². The molecule has 7 nitrogen and oxygen atoms in total.